The minimum atomic E-state index is -0.448. The van der Waals surface area contributed by atoms with Crippen molar-refractivity contribution in [2.45, 2.75) is 13.0 Å². The molecule has 0 aliphatic carbocycles. The van der Waals surface area contributed by atoms with Gasteiger partial charge in [0.2, 0.25) is 11.2 Å². The van der Waals surface area contributed by atoms with Crippen molar-refractivity contribution >= 4 is 16.9 Å². The van der Waals surface area contributed by atoms with Crippen LogP contribution in [-0.2, 0) is 17.7 Å². The highest BCUT2D eigenvalue weighted by Crippen LogP contribution is 2.33. The molecule has 1 aliphatic heterocycles. The average molecular weight is 488 g/mol. The van der Waals surface area contributed by atoms with Crippen molar-refractivity contribution in [1.82, 2.24) is 4.90 Å². The quantitative estimate of drug-likeness (QED) is 0.345. The van der Waals surface area contributed by atoms with E-state index < -0.39 is 5.97 Å². The molecule has 0 saturated heterocycles. The van der Waals surface area contributed by atoms with Gasteiger partial charge >= 0.3 is 5.97 Å². The lowest BCUT2D eigenvalue weighted by Gasteiger charge is -2.29. The third-order valence-corrected chi connectivity index (χ3v) is 6.15. The third-order valence-electron chi connectivity index (χ3n) is 6.15. The number of hydrogen-bond acceptors (Lipinski definition) is 8. The number of fused-ring (bicyclic) bond motifs is 3. The molecule has 1 aliphatic rings. The van der Waals surface area contributed by atoms with E-state index in [-0.39, 0.29) is 11.2 Å². The summed E-state index contributed by atoms with van der Waals surface area (Å²) >= 11 is 0. The molecule has 0 saturated carbocycles. The monoisotopic (exact) mass is 487 g/mol. The lowest BCUT2D eigenvalue weighted by atomic mass is 10.1. The lowest BCUT2D eigenvalue weighted by molar-refractivity contribution is 0.0600. The molecule has 36 heavy (non-hydrogen) atoms. The van der Waals surface area contributed by atoms with Gasteiger partial charge in [-0.1, -0.05) is 18.2 Å². The molecule has 2 heterocycles. The molecule has 184 valence electrons. The van der Waals surface area contributed by atoms with Crippen LogP contribution in [-0.4, -0.2) is 38.4 Å². The zero-order valence-corrected chi connectivity index (χ0v) is 20.0. The highest BCUT2D eigenvalue weighted by atomic mass is 16.5. The van der Waals surface area contributed by atoms with Gasteiger partial charge < -0.3 is 23.4 Å². The zero-order chi connectivity index (χ0) is 25.1. The van der Waals surface area contributed by atoms with Gasteiger partial charge in [-0.05, 0) is 54.4 Å². The van der Waals surface area contributed by atoms with E-state index in [4.69, 9.17) is 23.4 Å². The van der Waals surface area contributed by atoms with Gasteiger partial charge in [0, 0.05) is 13.1 Å². The van der Waals surface area contributed by atoms with Crippen LogP contribution in [0.4, 0.5) is 0 Å². The topological polar surface area (TPSA) is 87.4 Å². The second kappa shape index (κ2) is 10.1. The number of carbonyl (C=O) groups is 1. The Hall–Kier alpha value is -4.30. The van der Waals surface area contributed by atoms with E-state index in [1.807, 2.05) is 18.2 Å². The van der Waals surface area contributed by atoms with E-state index in [1.54, 1.807) is 43.5 Å². The number of para-hydroxylation sites is 1. The minimum absolute atomic E-state index is 0.0537. The van der Waals surface area contributed by atoms with Crippen LogP contribution in [0, 0.1) is 0 Å². The Morgan fingerprint density at radius 1 is 1.00 bits per heavy atom. The van der Waals surface area contributed by atoms with Crippen LogP contribution in [0.15, 0.2) is 76.1 Å². The summed E-state index contributed by atoms with van der Waals surface area (Å²) in [5.41, 5.74) is 2.52. The zero-order valence-electron chi connectivity index (χ0n) is 20.0. The van der Waals surface area contributed by atoms with Gasteiger partial charge in [-0.3, -0.25) is 9.69 Å². The van der Waals surface area contributed by atoms with Crippen molar-refractivity contribution in [2.24, 2.45) is 0 Å². The molecule has 0 radical (unpaired) electrons. The Morgan fingerprint density at radius 3 is 2.58 bits per heavy atom. The molecule has 8 nitrogen and oxygen atoms in total. The van der Waals surface area contributed by atoms with Crippen LogP contribution >= 0.6 is 0 Å². The number of benzene rings is 3. The molecule has 0 amide bonds. The predicted octanol–water partition coefficient (Wildman–Crippen LogP) is 4.78. The Balaban J connectivity index is 1.36. The lowest BCUT2D eigenvalue weighted by Crippen LogP contribution is -2.33. The highest BCUT2D eigenvalue weighted by molar-refractivity contribution is 5.89. The Kier molecular flexibility index (Phi) is 6.60. The molecule has 0 fully saturated rings. The largest absolute Gasteiger partial charge is 0.496 e. The predicted molar refractivity (Wildman–Crippen MR) is 133 cm³/mol. The fourth-order valence-corrected chi connectivity index (χ4v) is 4.24. The van der Waals surface area contributed by atoms with Crippen LogP contribution in [0.1, 0.15) is 21.5 Å². The number of ether oxygens (including phenoxy) is 4. The van der Waals surface area contributed by atoms with E-state index in [9.17, 15) is 9.59 Å². The van der Waals surface area contributed by atoms with Gasteiger partial charge in [0.05, 0.1) is 30.7 Å². The van der Waals surface area contributed by atoms with Crippen LogP contribution in [0.3, 0.4) is 0 Å². The summed E-state index contributed by atoms with van der Waals surface area (Å²) < 4.78 is 27.8. The van der Waals surface area contributed by atoms with Crippen molar-refractivity contribution < 1.29 is 28.2 Å². The molecule has 0 spiro atoms. The summed E-state index contributed by atoms with van der Waals surface area (Å²) in [6, 6.07) is 17.8. The molecule has 5 rings (SSSR count). The van der Waals surface area contributed by atoms with Crippen molar-refractivity contribution in [3.05, 3.63) is 93.8 Å². The van der Waals surface area contributed by atoms with Gasteiger partial charge in [-0.25, -0.2) is 4.79 Å². The normalized spacial score (nSPS) is 13.1. The standard InChI is InChI=1S/C28H25NO7/c1-32-23-6-4-3-5-18(23)13-14-29-15-22-24(35-17-29)12-11-21-26(30)25(16-34-27(21)22)36-20-9-7-19(8-10-20)28(31)33-2/h3-12,16H,13-15,17H2,1-2H3. The molecule has 1 aromatic heterocycles. The third kappa shape index (κ3) is 4.63. The minimum Gasteiger partial charge on any atom is -0.496 e. The summed E-state index contributed by atoms with van der Waals surface area (Å²) in [6.07, 6.45) is 2.11. The first-order valence-electron chi connectivity index (χ1n) is 11.5. The van der Waals surface area contributed by atoms with Crippen LogP contribution in [0.2, 0.25) is 0 Å². The summed E-state index contributed by atoms with van der Waals surface area (Å²) in [5.74, 6) is 1.57. The van der Waals surface area contributed by atoms with Crippen molar-refractivity contribution in [3.8, 4) is 23.0 Å². The Morgan fingerprint density at radius 2 is 1.81 bits per heavy atom. The van der Waals surface area contributed by atoms with Gasteiger partial charge in [0.15, 0.2) is 0 Å². The fraction of sp³-hybridized carbons (Fsp3) is 0.214. The summed E-state index contributed by atoms with van der Waals surface area (Å²) in [6.45, 7) is 1.78. The van der Waals surface area contributed by atoms with Crippen LogP contribution in [0.5, 0.6) is 23.0 Å². The maximum absolute atomic E-state index is 13.2. The summed E-state index contributed by atoms with van der Waals surface area (Å²) in [5, 5.41) is 0.410. The molecule has 0 atom stereocenters. The molecule has 0 bridgehead atoms. The number of esters is 1. The van der Waals surface area contributed by atoms with Crippen molar-refractivity contribution in [2.75, 3.05) is 27.5 Å². The maximum Gasteiger partial charge on any atom is 0.337 e. The molecule has 4 aromatic rings. The van der Waals surface area contributed by atoms with Crippen molar-refractivity contribution in [1.29, 1.82) is 0 Å². The van der Waals surface area contributed by atoms with Crippen LogP contribution in [0.25, 0.3) is 11.0 Å². The smallest absolute Gasteiger partial charge is 0.337 e. The molecule has 0 unspecified atom stereocenters. The van der Waals surface area contributed by atoms with Gasteiger partial charge in [0.25, 0.3) is 0 Å². The molecule has 0 N–H and O–H groups in total. The first-order chi connectivity index (χ1) is 17.6. The first-order valence-corrected chi connectivity index (χ1v) is 11.5. The second-order valence-electron chi connectivity index (χ2n) is 8.35. The fourth-order valence-electron chi connectivity index (χ4n) is 4.24. The molecular formula is C28H25NO7. The Labute approximate surface area is 207 Å². The van der Waals surface area contributed by atoms with Gasteiger partial charge in [-0.2, -0.15) is 0 Å². The number of rotatable bonds is 7. The molecule has 8 heteroatoms. The first kappa shape index (κ1) is 23.4. The highest BCUT2D eigenvalue weighted by Gasteiger charge is 2.23. The number of nitrogens with zero attached hydrogens (tertiary/aromatic N) is 1. The number of carbonyl (C=O) groups excluding carboxylic acids is 1. The van der Waals surface area contributed by atoms with E-state index in [0.717, 1.165) is 29.8 Å². The van der Waals surface area contributed by atoms with Crippen molar-refractivity contribution in [3.63, 3.8) is 0 Å². The maximum atomic E-state index is 13.2. The Bertz CT molecular complexity index is 1460. The second-order valence-corrected chi connectivity index (χ2v) is 8.35. The van der Waals surface area contributed by atoms with E-state index >= 15 is 0 Å². The van der Waals surface area contributed by atoms with Gasteiger partial charge in [0.1, 0.15) is 35.8 Å². The number of methoxy groups -OCH3 is 2. The van der Waals surface area contributed by atoms with E-state index in [0.29, 0.717) is 41.3 Å². The number of hydrogen-bond donors (Lipinski definition) is 0. The average Bonchev–Trinajstić information content (AvgIpc) is 2.93. The molecule has 3 aromatic carbocycles. The van der Waals surface area contributed by atoms with E-state index in [2.05, 4.69) is 11.0 Å². The molecular weight excluding hydrogens is 462 g/mol. The van der Waals surface area contributed by atoms with E-state index in [1.165, 1.54) is 13.4 Å². The summed E-state index contributed by atoms with van der Waals surface area (Å²) in [4.78, 5) is 26.9. The van der Waals surface area contributed by atoms with Crippen LogP contribution < -0.4 is 19.6 Å². The SMILES string of the molecule is COC(=O)c1ccc(Oc2coc3c4c(ccc3c2=O)OCN(CCc2ccccc2OC)C4)cc1. The summed E-state index contributed by atoms with van der Waals surface area (Å²) in [7, 11) is 2.99. The van der Waals surface area contributed by atoms with Gasteiger partial charge in [-0.15, -0.1) is 0 Å².